The summed E-state index contributed by atoms with van der Waals surface area (Å²) in [5.41, 5.74) is -1.89. The number of halogens is 4. The minimum atomic E-state index is -4.79. The van der Waals surface area contributed by atoms with Crippen LogP contribution in [0, 0.1) is 11.3 Å². The van der Waals surface area contributed by atoms with Crippen molar-refractivity contribution in [2.45, 2.75) is 11.1 Å². The van der Waals surface area contributed by atoms with Crippen molar-refractivity contribution < 1.29 is 21.6 Å². The van der Waals surface area contributed by atoms with Gasteiger partial charge in [-0.2, -0.15) is 18.4 Å². The van der Waals surface area contributed by atoms with Gasteiger partial charge < -0.3 is 5.32 Å². The molecule has 5 nitrogen and oxygen atoms in total. The molecule has 0 spiro atoms. The molecule has 0 bridgehead atoms. The fraction of sp³-hybridized carbons (Fsp3) is 0.364. The first-order chi connectivity index (χ1) is 9.22. The molecule has 1 aromatic carbocycles. The molecule has 10 heteroatoms. The van der Waals surface area contributed by atoms with E-state index >= 15 is 0 Å². The summed E-state index contributed by atoms with van der Waals surface area (Å²) in [6.45, 7) is 0.377. The predicted molar refractivity (Wildman–Crippen MR) is 72.5 cm³/mol. The minimum Gasteiger partial charge on any atom is -0.318 e. The Hall–Kier alpha value is -1.34. The molecule has 118 valence electrons. The Bertz CT molecular complexity index is 627. The molecular formula is C11H13ClF3N3O2S. The van der Waals surface area contributed by atoms with E-state index in [-0.39, 0.29) is 19.0 Å². The summed E-state index contributed by atoms with van der Waals surface area (Å²) in [5.74, 6) is 0. The Labute approximate surface area is 126 Å². The second kappa shape index (κ2) is 7.61. The lowest BCUT2D eigenvalue weighted by Gasteiger charge is -2.11. The van der Waals surface area contributed by atoms with Crippen molar-refractivity contribution in [3.63, 3.8) is 0 Å². The second-order valence-electron chi connectivity index (χ2n) is 3.82. The van der Waals surface area contributed by atoms with Gasteiger partial charge in [-0.15, -0.1) is 12.4 Å². The summed E-state index contributed by atoms with van der Waals surface area (Å²) in [6, 6.07) is 3.66. The van der Waals surface area contributed by atoms with E-state index in [9.17, 15) is 21.6 Å². The topological polar surface area (TPSA) is 82.0 Å². The quantitative estimate of drug-likeness (QED) is 0.794. The average molecular weight is 344 g/mol. The third-order valence-corrected chi connectivity index (χ3v) is 3.85. The molecule has 0 aliphatic rings. The van der Waals surface area contributed by atoms with Crippen molar-refractivity contribution in [1.29, 1.82) is 5.26 Å². The van der Waals surface area contributed by atoms with Crippen LogP contribution in [0.1, 0.15) is 11.1 Å². The zero-order valence-corrected chi connectivity index (χ0v) is 12.5. The van der Waals surface area contributed by atoms with Gasteiger partial charge in [0.25, 0.3) is 0 Å². The lowest BCUT2D eigenvalue weighted by Crippen LogP contribution is -2.30. The summed E-state index contributed by atoms with van der Waals surface area (Å²) in [6.07, 6.45) is -4.79. The molecule has 0 unspecified atom stereocenters. The zero-order valence-electron chi connectivity index (χ0n) is 10.9. The predicted octanol–water partition coefficient (Wildman–Crippen LogP) is 1.50. The molecule has 2 N–H and O–H groups in total. The Morgan fingerprint density at radius 1 is 1.29 bits per heavy atom. The normalized spacial score (nSPS) is 11.6. The van der Waals surface area contributed by atoms with Crippen LogP contribution >= 0.6 is 12.4 Å². The number of rotatable bonds is 5. The fourth-order valence-electron chi connectivity index (χ4n) is 1.42. The van der Waals surface area contributed by atoms with Gasteiger partial charge >= 0.3 is 6.18 Å². The van der Waals surface area contributed by atoms with Gasteiger partial charge in [0.2, 0.25) is 10.0 Å². The van der Waals surface area contributed by atoms with Crippen molar-refractivity contribution in [3.8, 4) is 6.07 Å². The summed E-state index contributed by atoms with van der Waals surface area (Å²) >= 11 is 0. The number of sulfonamides is 1. The van der Waals surface area contributed by atoms with Crippen molar-refractivity contribution in [2.75, 3.05) is 20.1 Å². The number of nitrogens with one attached hydrogen (secondary N) is 2. The smallest absolute Gasteiger partial charge is 0.318 e. The molecule has 21 heavy (non-hydrogen) atoms. The third-order valence-electron chi connectivity index (χ3n) is 2.39. The largest absolute Gasteiger partial charge is 0.417 e. The van der Waals surface area contributed by atoms with E-state index < -0.39 is 32.2 Å². The summed E-state index contributed by atoms with van der Waals surface area (Å²) in [7, 11) is -2.43. The third kappa shape index (κ3) is 5.17. The van der Waals surface area contributed by atoms with Gasteiger partial charge in [-0.05, 0) is 25.2 Å². The number of likely N-dealkylation sites (N-methyl/N-ethyl adjacent to an activating group) is 1. The number of nitriles is 1. The van der Waals surface area contributed by atoms with E-state index in [1.165, 1.54) is 6.07 Å². The van der Waals surface area contributed by atoms with Gasteiger partial charge in [0, 0.05) is 13.1 Å². The van der Waals surface area contributed by atoms with Crippen LogP contribution in [0.3, 0.4) is 0 Å². The highest BCUT2D eigenvalue weighted by molar-refractivity contribution is 7.89. The fourth-order valence-corrected chi connectivity index (χ4v) is 2.47. The average Bonchev–Trinajstić information content (AvgIpc) is 2.37. The summed E-state index contributed by atoms with van der Waals surface area (Å²) in [5, 5.41) is 11.3. The monoisotopic (exact) mass is 343 g/mol. The number of hydrogen-bond donors (Lipinski definition) is 2. The molecule has 0 saturated heterocycles. The Balaban J connectivity index is 0.00000400. The second-order valence-corrected chi connectivity index (χ2v) is 5.59. The van der Waals surface area contributed by atoms with Gasteiger partial charge in [0.1, 0.15) is 0 Å². The maximum Gasteiger partial charge on any atom is 0.417 e. The minimum absolute atomic E-state index is 0. The van der Waals surface area contributed by atoms with E-state index in [1.54, 1.807) is 7.05 Å². The first kappa shape index (κ1) is 19.7. The summed E-state index contributed by atoms with van der Waals surface area (Å²) < 4.78 is 63.9. The number of benzene rings is 1. The maximum absolute atomic E-state index is 12.7. The van der Waals surface area contributed by atoms with Crippen LogP contribution in [0.25, 0.3) is 0 Å². The molecule has 0 fully saturated rings. The molecule has 0 aromatic heterocycles. The lowest BCUT2D eigenvalue weighted by molar-refractivity contribution is -0.137. The van der Waals surface area contributed by atoms with Gasteiger partial charge in [0.15, 0.2) is 0 Å². The van der Waals surface area contributed by atoms with Crippen molar-refractivity contribution in [2.24, 2.45) is 0 Å². The van der Waals surface area contributed by atoms with Crippen LogP contribution < -0.4 is 10.0 Å². The van der Waals surface area contributed by atoms with Crippen LogP contribution in [-0.4, -0.2) is 28.6 Å². The zero-order chi connectivity index (χ0) is 15.4. The van der Waals surface area contributed by atoms with Gasteiger partial charge in [-0.3, -0.25) is 0 Å². The Morgan fingerprint density at radius 2 is 1.90 bits per heavy atom. The molecule has 0 aliphatic heterocycles. The highest BCUT2D eigenvalue weighted by atomic mass is 35.5. The lowest BCUT2D eigenvalue weighted by atomic mass is 10.1. The van der Waals surface area contributed by atoms with Crippen LogP contribution in [0.5, 0.6) is 0 Å². The van der Waals surface area contributed by atoms with E-state index in [2.05, 4.69) is 10.0 Å². The SMILES string of the molecule is CNCCNS(=O)(=O)c1ccc(C#N)c(C(F)(F)F)c1.Cl. The van der Waals surface area contributed by atoms with Crippen molar-refractivity contribution in [3.05, 3.63) is 29.3 Å². The molecule has 1 aromatic rings. The van der Waals surface area contributed by atoms with Crippen molar-refractivity contribution >= 4 is 22.4 Å². The molecule has 1 rings (SSSR count). The van der Waals surface area contributed by atoms with Crippen LogP contribution in [0.4, 0.5) is 13.2 Å². The molecular weight excluding hydrogens is 331 g/mol. The molecule has 0 amide bonds. The molecule has 0 atom stereocenters. The standard InChI is InChI=1S/C11H12F3N3O2S.ClH/c1-16-4-5-17-20(18,19)9-3-2-8(7-15)10(6-9)11(12,13)14;/h2-3,6,16-17H,4-5H2,1H3;1H. The van der Waals surface area contributed by atoms with E-state index in [0.29, 0.717) is 12.6 Å². The maximum atomic E-state index is 12.7. The molecule has 0 saturated carbocycles. The molecule has 0 aliphatic carbocycles. The molecule has 0 heterocycles. The van der Waals surface area contributed by atoms with Crippen LogP contribution in [-0.2, 0) is 16.2 Å². The van der Waals surface area contributed by atoms with Gasteiger partial charge in [-0.25, -0.2) is 13.1 Å². The highest BCUT2D eigenvalue weighted by Crippen LogP contribution is 2.33. The van der Waals surface area contributed by atoms with Crippen LogP contribution in [0.2, 0.25) is 0 Å². The Morgan fingerprint density at radius 3 is 2.38 bits per heavy atom. The van der Waals surface area contributed by atoms with Gasteiger partial charge in [0.05, 0.1) is 22.1 Å². The first-order valence-corrected chi connectivity index (χ1v) is 6.96. The number of nitrogens with zero attached hydrogens (tertiary/aromatic N) is 1. The number of hydrogen-bond acceptors (Lipinski definition) is 4. The van der Waals surface area contributed by atoms with E-state index in [0.717, 1.165) is 12.1 Å². The number of alkyl halides is 3. The summed E-state index contributed by atoms with van der Waals surface area (Å²) in [4.78, 5) is -0.528. The first-order valence-electron chi connectivity index (χ1n) is 5.48. The van der Waals surface area contributed by atoms with Gasteiger partial charge in [-0.1, -0.05) is 0 Å². The van der Waals surface area contributed by atoms with Crippen LogP contribution in [0.15, 0.2) is 23.1 Å². The van der Waals surface area contributed by atoms with E-state index in [4.69, 9.17) is 5.26 Å². The Kier molecular flexibility index (Phi) is 7.12. The van der Waals surface area contributed by atoms with Crippen molar-refractivity contribution in [1.82, 2.24) is 10.0 Å². The van der Waals surface area contributed by atoms with E-state index in [1.807, 2.05) is 0 Å². The molecule has 0 radical (unpaired) electrons. The highest BCUT2D eigenvalue weighted by Gasteiger charge is 2.34.